The standard InChI is InChI=1S/C11H15N3O3S/c1-8-12-13-9(18-8)6-14-4-2-11(3-5-14)7-16-10(15)17-11/h2-7H2,1H3. The van der Waals surface area contributed by atoms with E-state index in [0.717, 1.165) is 42.5 Å². The number of carbonyl (C=O) groups excluding carboxylic acids is 1. The summed E-state index contributed by atoms with van der Waals surface area (Å²) in [6, 6.07) is 0. The quantitative estimate of drug-likeness (QED) is 0.755. The van der Waals surface area contributed by atoms with Gasteiger partial charge in [-0.1, -0.05) is 0 Å². The van der Waals surface area contributed by atoms with Crippen LogP contribution in [0.25, 0.3) is 0 Å². The predicted octanol–water partition coefficient (Wildman–Crippen LogP) is 1.35. The van der Waals surface area contributed by atoms with E-state index < -0.39 is 6.16 Å². The molecule has 1 aromatic heterocycles. The van der Waals surface area contributed by atoms with Crippen molar-refractivity contribution in [3.8, 4) is 0 Å². The molecule has 0 saturated carbocycles. The van der Waals surface area contributed by atoms with Gasteiger partial charge < -0.3 is 9.47 Å². The van der Waals surface area contributed by atoms with Gasteiger partial charge in [-0.25, -0.2) is 4.79 Å². The number of carbonyl (C=O) groups is 1. The molecule has 7 heteroatoms. The monoisotopic (exact) mass is 269 g/mol. The highest BCUT2D eigenvalue weighted by Crippen LogP contribution is 2.32. The molecule has 98 valence electrons. The van der Waals surface area contributed by atoms with Crippen molar-refractivity contribution in [2.45, 2.75) is 31.9 Å². The van der Waals surface area contributed by atoms with Gasteiger partial charge >= 0.3 is 6.16 Å². The molecule has 0 amide bonds. The van der Waals surface area contributed by atoms with E-state index in [9.17, 15) is 4.79 Å². The molecule has 0 atom stereocenters. The maximum Gasteiger partial charge on any atom is 0.509 e. The Morgan fingerprint density at radius 3 is 2.72 bits per heavy atom. The number of likely N-dealkylation sites (tertiary alicyclic amines) is 1. The van der Waals surface area contributed by atoms with Gasteiger partial charge in [0.15, 0.2) is 5.60 Å². The molecule has 0 N–H and O–H groups in total. The molecule has 3 rings (SSSR count). The molecule has 0 unspecified atom stereocenters. The van der Waals surface area contributed by atoms with Crippen molar-refractivity contribution in [1.29, 1.82) is 0 Å². The summed E-state index contributed by atoms with van der Waals surface area (Å²) in [4.78, 5) is 13.3. The highest BCUT2D eigenvalue weighted by molar-refractivity contribution is 7.11. The Kier molecular flexibility index (Phi) is 2.95. The first kappa shape index (κ1) is 11.9. The number of ether oxygens (including phenoxy) is 2. The zero-order valence-electron chi connectivity index (χ0n) is 10.2. The summed E-state index contributed by atoms with van der Waals surface area (Å²) in [6.07, 6.45) is 1.13. The second-order valence-corrected chi connectivity index (χ2v) is 6.08. The third-order valence-electron chi connectivity index (χ3n) is 3.45. The fourth-order valence-electron chi connectivity index (χ4n) is 2.38. The van der Waals surface area contributed by atoms with Crippen LogP contribution < -0.4 is 0 Å². The third kappa shape index (κ3) is 2.32. The molecule has 0 aromatic carbocycles. The molecule has 18 heavy (non-hydrogen) atoms. The van der Waals surface area contributed by atoms with E-state index in [0.29, 0.717) is 6.61 Å². The topological polar surface area (TPSA) is 64.5 Å². The van der Waals surface area contributed by atoms with Crippen LogP contribution in [0.1, 0.15) is 22.9 Å². The molecule has 2 aliphatic rings. The first-order chi connectivity index (χ1) is 8.65. The summed E-state index contributed by atoms with van der Waals surface area (Å²) >= 11 is 1.63. The largest absolute Gasteiger partial charge is 0.509 e. The van der Waals surface area contributed by atoms with Gasteiger partial charge in [0.2, 0.25) is 0 Å². The molecular formula is C11H15N3O3S. The number of hydrogen-bond acceptors (Lipinski definition) is 7. The zero-order valence-corrected chi connectivity index (χ0v) is 11.0. The number of rotatable bonds is 2. The highest BCUT2D eigenvalue weighted by Gasteiger charge is 2.44. The number of cyclic esters (lactones) is 1. The van der Waals surface area contributed by atoms with Crippen molar-refractivity contribution in [1.82, 2.24) is 15.1 Å². The molecule has 3 heterocycles. The molecule has 0 aliphatic carbocycles. The molecule has 0 bridgehead atoms. The first-order valence-electron chi connectivity index (χ1n) is 6.02. The Balaban J connectivity index is 1.55. The van der Waals surface area contributed by atoms with Gasteiger partial charge in [-0.15, -0.1) is 21.5 Å². The van der Waals surface area contributed by atoms with E-state index >= 15 is 0 Å². The van der Waals surface area contributed by atoms with E-state index in [1.165, 1.54) is 0 Å². The van der Waals surface area contributed by atoms with Crippen LogP contribution in [0, 0.1) is 6.92 Å². The van der Waals surface area contributed by atoms with Crippen LogP contribution >= 0.6 is 11.3 Å². The summed E-state index contributed by atoms with van der Waals surface area (Å²) in [5.74, 6) is 0. The van der Waals surface area contributed by atoms with Gasteiger partial charge in [0.05, 0.1) is 6.54 Å². The smallest absolute Gasteiger partial charge is 0.430 e. The summed E-state index contributed by atoms with van der Waals surface area (Å²) in [5.41, 5.74) is -0.370. The Hall–Kier alpha value is -1.21. The van der Waals surface area contributed by atoms with Crippen molar-refractivity contribution >= 4 is 17.5 Å². The average Bonchev–Trinajstić information content (AvgIpc) is 2.90. The lowest BCUT2D eigenvalue weighted by Gasteiger charge is -2.35. The summed E-state index contributed by atoms with van der Waals surface area (Å²) in [7, 11) is 0. The predicted molar refractivity (Wildman–Crippen MR) is 64.3 cm³/mol. The number of hydrogen-bond donors (Lipinski definition) is 0. The van der Waals surface area contributed by atoms with Gasteiger partial charge in [-0.2, -0.15) is 0 Å². The lowest BCUT2D eigenvalue weighted by atomic mass is 9.92. The van der Waals surface area contributed by atoms with E-state index in [1.54, 1.807) is 11.3 Å². The number of aryl methyl sites for hydroxylation is 1. The molecule has 2 aliphatic heterocycles. The van der Waals surface area contributed by atoms with Gasteiger partial charge in [0, 0.05) is 25.9 Å². The Bertz CT molecular complexity index is 454. The van der Waals surface area contributed by atoms with Crippen molar-refractivity contribution in [3.05, 3.63) is 10.0 Å². The highest BCUT2D eigenvalue weighted by atomic mass is 32.1. The second-order valence-electron chi connectivity index (χ2n) is 4.81. The summed E-state index contributed by atoms with van der Waals surface area (Å²) < 4.78 is 10.2. The second kappa shape index (κ2) is 4.47. The summed E-state index contributed by atoms with van der Waals surface area (Å²) in [5, 5.41) is 10.2. The van der Waals surface area contributed by atoms with Crippen LogP contribution in [0.2, 0.25) is 0 Å². The maximum absolute atomic E-state index is 11.0. The van der Waals surface area contributed by atoms with Crippen LogP contribution in [0.5, 0.6) is 0 Å². The molecule has 2 saturated heterocycles. The molecular weight excluding hydrogens is 254 g/mol. The maximum atomic E-state index is 11.0. The summed E-state index contributed by atoms with van der Waals surface area (Å²) in [6.45, 7) is 4.99. The van der Waals surface area contributed by atoms with Crippen molar-refractivity contribution in [2.24, 2.45) is 0 Å². The molecule has 1 spiro atoms. The van der Waals surface area contributed by atoms with Gasteiger partial charge in [-0.3, -0.25) is 4.90 Å². The SMILES string of the molecule is Cc1nnc(CN2CCC3(CC2)COC(=O)O3)s1. The van der Waals surface area contributed by atoms with E-state index in [4.69, 9.17) is 9.47 Å². The molecule has 0 radical (unpaired) electrons. The fourth-order valence-corrected chi connectivity index (χ4v) is 3.14. The van der Waals surface area contributed by atoms with Crippen LogP contribution in [0.15, 0.2) is 0 Å². The number of aromatic nitrogens is 2. The minimum Gasteiger partial charge on any atom is -0.430 e. The zero-order chi connectivity index (χ0) is 12.6. The Morgan fingerprint density at radius 2 is 2.17 bits per heavy atom. The lowest BCUT2D eigenvalue weighted by Crippen LogP contribution is -2.45. The Morgan fingerprint density at radius 1 is 1.39 bits per heavy atom. The molecule has 6 nitrogen and oxygen atoms in total. The van der Waals surface area contributed by atoms with Gasteiger partial charge in [0.25, 0.3) is 0 Å². The first-order valence-corrected chi connectivity index (χ1v) is 6.84. The Labute approximate surface area is 109 Å². The fraction of sp³-hybridized carbons (Fsp3) is 0.727. The minimum absolute atomic E-state index is 0.370. The molecule has 2 fully saturated rings. The third-order valence-corrected chi connectivity index (χ3v) is 4.27. The van der Waals surface area contributed by atoms with E-state index in [2.05, 4.69) is 15.1 Å². The van der Waals surface area contributed by atoms with Gasteiger partial charge in [0.1, 0.15) is 16.6 Å². The van der Waals surface area contributed by atoms with Crippen LogP contribution in [0.4, 0.5) is 4.79 Å². The van der Waals surface area contributed by atoms with Crippen molar-refractivity contribution in [3.63, 3.8) is 0 Å². The van der Waals surface area contributed by atoms with E-state index in [1.807, 2.05) is 6.92 Å². The average molecular weight is 269 g/mol. The van der Waals surface area contributed by atoms with Gasteiger partial charge in [-0.05, 0) is 6.92 Å². The number of nitrogens with zero attached hydrogens (tertiary/aromatic N) is 3. The lowest BCUT2D eigenvalue weighted by molar-refractivity contribution is -0.00168. The van der Waals surface area contributed by atoms with Crippen LogP contribution in [-0.4, -0.2) is 46.6 Å². The molecule has 1 aromatic rings. The van der Waals surface area contributed by atoms with E-state index in [-0.39, 0.29) is 5.60 Å². The van der Waals surface area contributed by atoms with Crippen LogP contribution in [-0.2, 0) is 16.0 Å². The van der Waals surface area contributed by atoms with Crippen molar-refractivity contribution in [2.75, 3.05) is 19.7 Å². The minimum atomic E-state index is -0.525. The van der Waals surface area contributed by atoms with Crippen LogP contribution in [0.3, 0.4) is 0 Å². The number of piperidine rings is 1. The van der Waals surface area contributed by atoms with Crippen molar-refractivity contribution < 1.29 is 14.3 Å². The normalized spacial score (nSPS) is 23.1.